The molecule has 1 atom stereocenters. The normalized spacial score (nSPS) is 23.0. The summed E-state index contributed by atoms with van der Waals surface area (Å²) in [5.74, 6) is 1.68. The molecule has 0 N–H and O–H groups in total. The first kappa shape index (κ1) is 11.2. The highest BCUT2D eigenvalue weighted by Crippen LogP contribution is 2.26. The molecule has 0 aromatic heterocycles. The molecule has 78 valence electrons. The Morgan fingerprint density at radius 1 is 1.15 bits per heavy atom. The second-order valence-electron chi connectivity index (χ2n) is 5.13. The molecule has 1 fully saturated rings. The summed E-state index contributed by atoms with van der Waals surface area (Å²) in [6.07, 6.45) is 6.71. The maximum absolute atomic E-state index is 11.8. The molecule has 1 unspecified atom stereocenters. The first-order valence-corrected chi connectivity index (χ1v) is 6.70. The lowest BCUT2D eigenvalue weighted by Gasteiger charge is -2.25. The van der Waals surface area contributed by atoms with Gasteiger partial charge in [0.2, 0.25) is 0 Å². The van der Waals surface area contributed by atoms with Gasteiger partial charge in [0.15, 0.2) is 0 Å². The van der Waals surface area contributed by atoms with Gasteiger partial charge in [-0.15, -0.1) is 0 Å². The van der Waals surface area contributed by atoms with Gasteiger partial charge in [-0.1, -0.05) is 19.3 Å². The molecule has 13 heavy (non-hydrogen) atoms. The van der Waals surface area contributed by atoms with Gasteiger partial charge in [0.05, 0.1) is 0 Å². The zero-order valence-electron chi connectivity index (χ0n) is 9.14. The minimum Gasteiger partial charge on any atom is -0.259 e. The van der Waals surface area contributed by atoms with Crippen molar-refractivity contribution >= 4 is 10.8 Å². The highest BCUT2D eigenvalue weighted by Gasteiger charge is 2.23. The Bertz CT molecular complexity index is 175. The number of hydrogen-bond acceptors (Lipinski definition) is 1. The molecule has 1 rings (SSSR count). The van der Waals surface area contributed by atoms with Gasteiger partial charge in [0, 0.05) is 21.3 Å². The van der Waals surface area contributed by atoms with E-state index in [1.54, 1.807) is 0 Å². The minimum absolute atomic E-state index is 0.0164. The average Bonchev–Trinajstić information content (AvgIpc) is 2.04. The molecular formula is C11H22OS. The molecule has 1 nitrogen and oxygen atoms in total. The quantitative estimate of drug-likeness (QED) is 0.672. The van der Waals surface area contributed by atoms with Crippen molar-refractivity contribution in [2.24, 2.45) is 5.92 Å². The molecule has 2 heteroatoms. The van der Waals surface area contributed by atoms with Crippen LogP contribution in [0, 0.1) is 5.92 Å². The molecule has 0 saturated heterocycles. The number of hydrogen-bond donors (Lipinski definition) is 0. The van der Waals surface area contributed by atoms with Crippen molar-refractivity contribution in [3.05, 3.63) is 0 Å². The van der Waals surface area contributed by atoms with Crippen LogP contribution in [0.2, 0.25) is 0 Å². The first-order valence-electron chi connectivity index (χ1n) is 5.38. The van der Waals surface area contributed by atoms with Gasteiger partial charge in [-0.05, 0) is 39.5 Å². The van der Waals surface area contributed by atoms with E-state index in [0.717, 1.165) is 11.7 Å². The second kappa shape index (κ2) is 4.59. The molecule has 1 aliphatic carbocycles. The van der Waals surface area contributed by atoms with Crippen LogP contribution in [0.25, 0.3) is 0 Å². The van der Waals surface area contributed by atoms with E-state index in [0.29, 0.717) is 0 Å². The van der Waals surface area contributed by atoms with Crippen LogP contribution in [0.4, 0.5) is 0 Å². The van der Waals surface area contributed by atoms with Gasteiger partial charge >= 0.3 is 0 Å². The van der Waals surface area contributed by atoms with E-state index in [1.165, 1.54) is 32.1 Å². The summed E-state index contributed by atoms with van der Waals surface area (Å²) < 4.78 is 11.8. The Labute approximate surface area is 84.8 Å². The van der Waals surface area contributed by atoms with Crippen LogP contribution in [0.5, 0.6) is 0 Å². The largest absolute Gasteiger partial charge is 0.259 e. The standard InChI is InChI=1S/C11H22OS/c1-11(2,3)13(12)9-10-7-5-4-6-8-10/h10H,4-9H2,1-3H3. The summed E-state index contributed by atoms with van der Waals surface area (Å²) in [5, 5.41) is 0. The van der Waals surface area contributed by atoms with Gasteiger partial charge in [-0.3, -0.25) is 4.21 Å². The van der Waals surface area contributed by atoms with E-state index in [-0.39, 0.29) is 4.75 Å². The second-order valence-corrected chi connectivity index (χ2v) is 7.38. The molecule has 1 saturated carbocycles. The van der Waals surface area contributed by atoms with Crippen LogP contribution in [0.15, 0.2) is 0 Å². The third kappa shape index (κ3) is 3.80. The van der Waals surface area contributed by atoms with Crippen molar-refractivity contribution in [2.45, 2.75) is 57.6 Å². The van der Waals surface area contributed by atoms with Gasteiger partial charge in [0.1, 0.15) is 0 Å². The molecule has 1 aliphatic rings. The van der Waals surface area contributed by atoms with E-state index in [1.807, 2.05) is 0 Å². The van der Waals surface area contributed by atoms with Crippen LogP contribution in [0.1, 0.15) is 52.9 Å². The van der Waals surface area contributed by atoms with Crippen molar-refractivity contribution in [3.63, 3.8) is 0 Å². The van der Waals surface area contributed by atoms with Crippen molar-refractivity contribution in [1.29, 1.82) is 0 Å². The highest BCUT2D eigenvalue weighted by molar-refractivity contribution is 7.86. The Balaban J connectivity index is 2.35. The topological polar surface area (TPSA) is 17.1 Å². The predicted octanol–water partition coefficient (Wildman–Crippen LogP) is 3.11. The van der Waals surface area contributed by atoms with Gasteiger partial charge in [-0.25, -0.2) is 0 Å². The van der Waals surface area contributed by atoms with E-state index in [2.05, 4.69) is 20.8 Å². The highest BCUT2D eigenvalue weighted by atomic mass is 32.2. The Hall–Kier alpha value is 0.150. The lowest BCUT2D eigenvalue weighted by atomic mass is 9.91. The monoisotopic (exact) mass is 202 g/mol. The van der Waals surface area contributed by atoms with Gasteiger partial charge in [-0.2, -0.15) is 0 Å². The molecule has 0 aliphatic heterocycles. The van der Waals surface area contributed by atoms with Crippen LogP contribution in [0.3, 0.4) is 0 Å². The maximum Gasteiger partial charge on any atom is 0.0375 e. The van der Waals surface area contributed by atoms with Crippen LogP contribution >= 0.6 is 0 Å². The summed E-state index contributed by atoms with van der Waals surface area (Å²) in [4.78, 5) is 0. The first-order chi connectivity index (χ1) is 6.00. The fourth-order valence-electron chi connectivity index (χ4n) is 1.82. The fourth-order valence-corrected chi connectivity index (χ4v) is 3.08. The van der Waals surface area contributed by atoms with Crippen LogP contribution in [-0.2, 0) is 10.8 Å². The van der Waals surface area contributed by atoms with Crippen molar-refractivity contribution in [2.75, 3.05) is 5.75 Å². The Morgan fingerprint density at radius 3 is 2.15 bits per heavy atom. The minimum atomic E-state index is -0.635. The van der Waals surface area contributed by atoms with E-state index < -0.39 is 10.8 Å². The molecule has 0 bridgehead atoms. The van der Waals surface area contributed by atoms with Gasteiger partial charge < -0.3 is 0 Å². The maximum atomic E-state index is 11.8. The van der Waals surface area contributed by atoms with E-state index in [9.17, 15) is 4.21 Å². The van der Waals surface area contributed by atoms with Gasteiger partial charge in [0.25, 0.3) is 0 Å². The summed E-state index contributed by atoms with van der Waals surface area (Å²) in [5.41, 5.74) is 0. The van der Waals surface area contributed by atoms with Crippen LogP contribution < -0.4 is 0 Å². The molecule has 0 radical (unpaired) electrons. The Kier molecular flexibility index (Phi) is 3.96. The zero-order chi connectivity index (χ0) is 9.90. The fraction of sp³-hybridized carbons (Fsp3) is 1.00. The van der Waals surface area contributed by atoms with E-state index >= 15 is 0 Å². The predicted molar refractivity (Wildman–Crippen MR) is 59.3 cm³/mol. The van der Waals surface area contributed by atoms with Crippen molar-refractivity contribution in [3.8, 4) is 0 Å². The lowest BCUT2D eigenvalue weighted by Crippen LogP contribution is -2.28. The van der Waals surface area contributed by atoms with Crippen LogP contribution in [-0.4, -0.2) is 14.7 Å². The van der Waals surface area contributed by atoms with Crippen molar-refractivity contribution in [1.82, 2.24) is 0 Å². The molecule has 0 aromatic rings. The Morgan fingerprint density at radius 2 is 1.69 bits per heavy atom. The number of rotatable bonds is 2. The molecule has 0 amide bonds. The molecule has 0 heterocycles. The average molecular weight is 202 g/mol. The third-order valence-corrected chi connectivity index (χ3v) is 4.94. The summed E-state index contributed by atoms with van der Waals surface area (Å²) in [6.45, 7) is 6.23. The SMILES string of the molecule is CC(C)(C)S(=O)CC1CCCCC1. The zero-order valence-corrected chi connectivity index (χ0v) is 9.95. The summed E-state index contributed by atoms with van der Waals surface area (Å²) in [7, 11) is -0.635. The molecular weight excluding hydrogens is 180 g/mol. The lowest BCUT2D eigenvalue weighted by molar-refractivity contribution is 0.387. The third-order valence-electron chi connectivity index (χ3n) is 2.79. The van der Waals surface area contributed by atoms with Crippen molar-refractivity contribution < 1.29 is 4.21 Å². The summed E-state index contributed by atoms with van der Waals surface area (Å²) >= 11 is 0. The summed E-state index contributed by atoms with van der Waals surface area (Å²) in [6, 6.07) is 0. The van der Waals surface area contributed by atoms with E-state index in [4.69, 9.17) is 0 Å². The molecule has 0 spiro atoms. The molecule has 0 aromatic carbocycles. The smallest absolute Gasteiger partial charge is 0.0375 e.